The molecule has 0 aliphatic heterocycles. The fraction of sp³-hybridized carbons (Fsp3) is 0.300. The van der Waals surface area contributed by atoms with Gasteiger partial charge in [0.1, 0.15) is 18.0 Å². The summed E-state index contributed by atoms with van der Waals surface area (Å²) in [7, 11) is 0. The Balaban J connectivity index is 1.63. The molecule has 2 aromatic heterocycles. The largest absolute Gasteiger partial charge is 0.492 e. The number of aryl methyl sites for hydroxylation is 1. The Morgan fingerprint density at radius 1 is 1.23 bits per heavy atom. The predicted molar refractivity (Wildman–Crippen MR) is 106 cm³/mol. The first-order valence-corrected chi connectivity index (χ1v) is 9.42. The predicted octanol–water partition coefficient (Wildman–Crippen LogP) is 2.32. The van der Waals surface area contributed by atoms with Gasteiger partial charge in [0.25, 0.3) is 11.5 Å². The third-order valence-corrected chi connectivity index (χ3v) is 4.38. The molecule has 0 saturated heterocycles. The molecule has 164 valence electrons. The molecule has 0 spiro atoms. The van der Waals surface area contributed by atoms with Crippen LogP contribution in [0.25, 0.3) is 11.0 Å². The number of fused-ring (bicyclic) bond motifs is 1. The van der Waals surface area contributed by atoms with Crippen LogP contribution in [0.15, 0.2) is 46.1 Å². The highest BCUT2D eigenvalue weighted by Crippen LogP contribution is 2.30. The number of aromatic amines is 1. The van der Waals surface area contributed by atoms with Crippen molar-refractivity contribution >= 4 is 16.9 Å². The molecule has 0 unspecified atom stereocenters. The van der Waals surface area contributed by atoms with Crippen LogP contribution in [-0.2, 0) is 12.7 Å². The lowest BCUT2D eigenvalue weighted by molar-refractivity contribution is -0.137. The minimum atomic E-state index is -4.42. The van der Waals surface area contributed by atoms with Crippen molar-refractivity contribution in [2.24, 2.45) is 0 Å². The Bertz CT molecular complexity index is 1200. The standard InChI is InChI=1S/C20H19F3N4O4/c1-2-8-27-16-15(18(29)26-19(27)30)10-12(11-25-16)17(28)24-7-9-31-14-5-3-13(4-6-14)20(21,22)23/h3-6,10-11H,2,7-9H2,1H3,(H,24,28)(H,26,29,30). The van der Waals surface area contributed by atoms with Crippen molar-refractivity contribution in [1.82, 2.24) is 19.9 Å². The third-order valence-electron chi connectivity index (χ3n) is 4.38. The molecule has 1 amide bonds. The van der Waals surface area contributed by atoms with E-state index in [-0.39, 0.29) is 35.5 Å². The Kier molecular flexibility index (Phi) is 6.42. The van der Waals surface area contributed by atoms with Gasteiger partial charge in [0.15, 0.2) is 0 Å². The fourth-order valence-electron chi connectivity index (χ4n) is 2.90. The van der Waals surface area contributed by atoms with E-state index in [9.17, 15) is 27.6 Å². The Morgan fingerprint density at radius 2 is 1.94 bits per heavy atom. The molecule has 0 fully saturated rings. The molecule has 0 atom stereocenters. The number of aromatic nitrogens is 3. The lowest BCUT2D eigenvalue weighted by Crippen LogP contribution is -2.32. The zero-order chi connectivity index (χ0) is 22.6. The summed E-state index contributed by atoms with van der Waals surface area (Å²) in [5.74, 6) is -0.284. The number of hydrogen-bond acceptors (Lipinski definition) is 5. The van der Waals surface area contributed by atoms with E-state index >= 15 is 0 Å². The molecule has 0 aliphatic carbocycles. The Labute approximate surface area is 173 Å². The van der Waals surface area contributed by atoms with E-state index in [1.165, 1.54) is 29.0 Å². The van der Waals surface area contributed by atoms with Gasteiger partial charge in [0, 0.05) is 12.7 Å². The monoisotopic (exact) mass is 436 g/mol. The van der Waals surface area contributed by atoms with Crippen LogP contribution in [0.5, 0.6) is 5.75 Å². The van der Waals surface area contributed by atoms with Crippen LogP contribution in [-0.4, -0.2) is 33.6 Å². The van der Waals surface area contributed by atoms with Crippen LogP contribution in [0.1, 0.15) is 29.3 Å². The quantitative estimate of drug-likeness (QED) is 0.553. The first kappa shape index (κ1) is 22.1. The maximum Gasteiger partial charge on any atom is 0.416 e. The number of nitrogens with zero attached hydrogens (tertiary/aromatic N) is 2. The van der Waals surface area contributed by atoms with Crippen LogP contribution in [0.3, 0.4) is 0 Å². The Hall–Kier alpha value is -3.63. The van der Waals surface area contributed by atoms with Gasteiger partial charge in [0.05, 0.1) is 23.1 Å². The number of benzene rings is 1. The summed E-state index contributed by atoms with van der Waals surface area (Å²) >= 11 is 0. The molecule has 0 aliphatic rings. The lowest BCUT2D eigenvalue weighted by Gasteiger charge is -2.10. The average Bonchev–Trinajstić information content (AvgIpc) is 2.73. The van der Waals surface area contributed by atoms with Gasteiger partial charge in [-0.1, -0.05) is 6.92 Å². The lowest BCUT2D eigenvalue weighted by atomic mass is 10.2. The van der Waals surface area contributed by atoms with Gasteiger partial charge in [-0.05, 0) is 36.8 Å². The minimum Gasteiger partial charge on any atom is -0.492 e. The van der Waals surface area contributed by atoms with Crippen molar-refractivity contribution in [3.63, 3.8) is 0 Å². The van der Waals surface area contributed by atoms with E-state index in [1.807, 2.05) is 6.92 Å². The summed E-state index contributed by atoms with van der Waals surface area (Å²) in [4.78, 5) is 42.7. The number of carbonyl (C=O) groups is 1. The fourth-order valence-corrected chi connectivity index (χ4v) is 2.90. The van der Waals surface area contributed by atoms with Crippen molar-refractivity contribution in [3.05, 3.63) is 68.5 Å². The molecule has 0 radical (unpaired) electrons. The SMILES string of the molecule is CCCn1c(=O)[nH]c(=O)c2cc(C(=O)NCCOc3ccc(C(F)(F)F)cc3)cnc21. The molecule has 31 heavy (non-hydrogen) atoms. The van der Waals surface area contributed by atoms with E-state index in [0.717, 1.165) is 12.1 Å². The molecular formula is C20H19F3N4O4. The number of H-pyrrole nitrogens is 1. The number of alkyl halides is 3. The van der Waals surface area contributed by atoms with Crippen molar-refractivity contribution in [2.75, 3.05) is 13.2 Å². The maximum atomic E-state index is 12.5. The molecule has 3 aromatic rings. The molecule has 8 nitrogen and oxygen atoms in total. The second-order valence-corrected chi connectivity index (χ2v) is 6.63. The van der Waals surface area contributed by atoms with Gasteiger partial charge >= 0.3 is 11.9 Å². The van der Waals surface area contributed by atoms with E-state index < -0.39 is 28.9 Å². The van der Waals surface area contributed by atoms with Gasteiger partial charge in [-0.3, -0.25) is 19.1 Å². The number of halogens is 3. The Morgan fingerprint density at radius 3 is 2.58 bits per heavy atom. The number of hydrogen-bond donors (Lipinski definition) is 2. The van der Waals surface area contributed by atoms with E-state index in [1.54, 1.807) is 0 Å². The molecule has 2 N–H and O–H groups in total. The first-order valence-electron chi connectivity index (χ1n) is 9.42. The summed E-state index contributed by atoms with van der Waals surface area (Å²) in [5, 5.41) is 2.69. The maximum absolute atomic E-state index is 12.5. The molecule has 11 heteroatoms. The van der Waals surface area contributed by atoms with Gasteiger partial charge in [-0.2, -0.15) is 13.2 Å². The number of rotatable bonds is 7. The van der Waals surface area contributed by atoms with Crippen LogP contribution in [0, 0.1) is 0 Å². The smallest absolute Gasteiger partial charge is 0.416 e. The zero-order valence-electron chi connectivity index (χ0n) is 16.5. The molecule has 0 saturated carbocycles. The van der Waals surface area contributed by atoms with E-state index in [0.29, 0.717) is 13.0 Å². The van der Waals surface area contributed by atoms with Crippen molar-refractivity contribution in [2.45, 2.75) is 26.1 Å². The average molecular weight is 436 g/mol. The van der Waals surface area contributed by atoms with Crippen molar-refractivity contribution in [3.8, 4) is 5.75 Å². The van der Waals surface area contributed by atoms with Crippen LogP contribution >= 0.6 is 0 Å². The van der Waals surface area contributed by atoms with Gasteiger partial charge in [0.2, 0.25) is 0 Å². The summed E-state index contributed by atoms with van der Waals surface area (Å²) in [6.07, 6.45) is -2.50. The molecule has 2 heterocycles. The number of amides is 1. The number of ether oxygens (including phenoxy) is 1. The minimum absolute atomic E-state index is 0.0226. The summed E-state index contributed by atoms with van der Waals surface area (Å²) < 4.78 is 44.3. The summed E-state index contributed by atoms with van der Waals surface area (Å²) in [6.45, 7) is 2.34. The van der Waals surface area contributed by atoms with E-state index in [2.05, 4.69) is 15.3 Å². The first-order chi connectivity index (χ1) is 14.7. The zero-order valence-corrected chi connectivity index (χ0v) is 16.5. The molecule has 0 bridgehead atoms. The van der Waals surface area contributed by atoms with E-state index in [4.69, 9.17) is 4.74 Å². The normalized spacial score (nSPS) is 11.5. The van der Waals surface area contributed by atoms with Crippen LogP contribution < -0.4 is 21.3 Å². The van der Waals surface area contributed by atoms with Crippen LogP contribution in [0.4, 0.5) is 13.2 Å². The van der Waals surface area contributed by atoms with Gasteiger partial charge < -0.3 is 10.1 Å². The molecular weight excluding hydrogens is 417 g/mol. The second-order valence-electron chi connectivity index (χ2n) is 6.63. The number of carbonyl (C=O) groups excluding carboxylic acids is 1. The summed E-state index contributed by atoms with van der Waals surface area (Å²) in [5.41, 5.74) is -1.67. The highest BCUT2D eigenvalue weighted by atomic mass is 19.4. The third kappa shape index (κ3) is 5.11. The number of nitrogens with one attached hydrogen (secondary N) is 2. The second kappa shape index (κ2) is 9.02. The summed E-state index contributed by atoms with van der Waals surface area (Å²) in [6, 6.07) is 5.55. The topological polar surface area (TPSA) is 106 Å². The molecule has 1 aromatic carbocycles. The van der Waals surface area contributed by atoms with Gasteiger partial charge in [-0.15, -0.1) is 0 Å². The highest BCUT2D eigenvalue weighted by Gasteiger charge is 2.30. The molecule has 3 rings (SSSR count). The van der Waals surface area contributed by atoms with Crippen molar-refractivity contribution in [1.29, 1.82) is 0 Å². The van der Waals surface area contributed by atoms with Crippen molar-refractivity contribution < 1.29 is 22.7 Å². The van der Waals surface area contributed by atoms with Gasteiger partial charge in [-0.25, -0.2) is 9.78 Å². The van der Waals surface area contributed by atoms with Crippen LogP contribution in [0.2, 0.25) is 0 Å². The highest BCUT2D eigenvalue weighted by molar-refractivity contribution is 5.96. The number of pyridine rings is 1.